The van der Waals surface area contributed by atoms with Gasteiger partial charge in [-0.1, -0.05) is 18.7 Å². The Kier molecular flexibility index (Phi) is 4.42. The SMILES string of the molecule is CSc1ncc(CO)c(N[C@@H]2CCC(O)C2C)n1. The molecule has 6 heteroatoms. The molecule has 0 aromatic carbocycles. The number of thioether (sulfide) groups is 1. The summed E-state index contributed by atoms with van der Waals surface area (Å²) in [4.78, 5) is 8.52. The van der Waals surface area contributed by atoms with Crippen LogP contribution in [-0.4, -0.2) is 38.6 Å². The van der Waals surface area contributed by atoms with Gasteiger partial charge in [-0.2, -0.15) is 0 Å². The van der Waals surface area contributed by atoms with Crippen molar-refractivity contribution in [3.8, 4) is 0 Å². The van der Waals surface area contributed by atoms with E-state index in [4.69, 9.17) is 0 Å². The lowest BCUT2D eigenvalue weighted by Crippen LogP contribution is -2.27. The van der Waals surface area contributed by atoms with Crippen molar-refractivity contribution in [2.75, 3.05) is 11.6 Å². The minimum absolute atomic E-state index is 0.0827. The molecule has 2 rings (SSSR count). The zero-order valence-electron chi connectivity index (χ0n) is 10.6. The zero-order chi connectivity index (χ0) is 13.1. The van der Waals surface area contributed by atoms with Gasteiger partial charge in [0.1, 0.15) is 5.82 Å². The highest BCUT2D eigenvalue weighted by molar-refractivity contribution is 7.98. The number of aliphatic hydroxyl groups is 2. The maximum Gasteiger partial charge on any atom is 0.189 e. The van der Waals surface area contributed by atoms with E-state index < -0.39 is 0 Å². The third-order valence-electron chi connectivity index (χ3n) is 3.53. The van der Waals surface area contributed by atoms with Crippen molar-refractivity contribution >= 4 is 17.6 Å². The highest BCUT2D eigenvalue weighted by Gasteiger charge is 2.31. The molecular weight excluding hydrogens is 250 g/mol. The minimum atomic E-state index is -0.248. The normalized spacial score (nSPS) is 27.4. The fourth-order valence-corrected chi connectivity index (χ4v) is 2.59. The van der Waals surface area contributed by atoms with E-state index in [1.165, 1.54) is 11.8 Å². The average molecular weight is 269 g/mol. The van der Waals surface area contributed by atoms with Crippen LogP contribution in [0.3, 0.4) is 0 Å². The molecule has 5 nitrogen and oxygen atoms in total. The monoisotopic (exact) mass is 269 g/mol. The number of nitrogens with one attached hydrogen (secondary N) is 1. The smallest absolute Gasteiger partial charge is 0.189 e. The molecule has 3 N–H and O–H groups in total. The quantitative estimate of drug-likeness (QED) is 0.564. The lowest BCUT2D eigenvalue weighted by molar-refractivity contribution is 0.139. The molecule has 0 radical (unpaired) electrons. The van der Waals surface area contributed by atoms with Crippen LogP contribution in [0.25, 0.3) is 0 Å². The van der Waals surface area contributed by atoms with Gasteiger partial charge in [-0.15, -0.1) is 0 Å². The average Bonchev–Trinajstić information content (AvgIpc) is 2.70. The number of aliphatic hydroxyl groups excluding tert-OH is 2. The van der Waals surface area contributed by atoms with E-state index in [0.29, 0.717) is 16.5 Å². The second kappa shape index (κ2) is 5.86. The predicted molar refractivity (Wildman–Crippen MR) is 71.6 cm³/mol. The summed E-state index contributed by atoms with van der Waals surface area (Å²) in [5.74, 6) is 0.882. The molecule has 0 bridgehead atoms. The second-order valence-corrected chi connectivity index (χ2v) is 5.42. The van der Waals surface area contributed by atoms with Crippen molar-refractivity contribution in [2.45, 2.75) is 43.7 Å². The fraction of sp³-hybridized carbons (Fsp3) is 0.667. The summed E-state index contributed by atoms with van der Waals surface area (Å²) in [6.07, 6.45) is 5.05. The van der Waals surface area contributed by atoms with Crippen molar-refractivity contribution in [2.24, 2.45) is 5.92 Å². The van der Waals surface area contributed by atoms with Gasteiger partial charge in [-0.3, -0.25) is 0 Å². The van der Waals surface area contributed by atoms with Crippen LogP contribution >= 0.6 is 11.8 Å². The molecule has 1 heterocycles. The highest BCUT2D eigenvalue weighted by Crippen LogP contribution is 2.29. The molecule has 0 spiro atoms. The molecule has 1 fully saturated rings. The third-order valence-corrected chi connectivity index (χ3v) is 4.09. The maximum absolute atomic E-state index is 9.75. The zero-order valence-corrected chi connectivity index (χ0v) is 11.4. The minimum Gasteiger partial charge on any atom is -0.393 e. The van der Waals surface area contributed by atoms with Gasteiger partial charge in [-0.05, 0) is 19.1 Å². The standard InChI is InChI=1S/C12H19N3O2S/c1-7-9(3-4-10(7)17)14-11-8(6-16)5-13-12(15-11)18-2/h5,7,9-10,16-17H,3-4,6H2,1-2H3,(H,13,14,15)/t7?,9-,10?/m1/s1. The van der Waals surface area contributed by atoms with Crippen molar-refractivity contribution in [1.82, 2.24) is 9.97 Å². The van der Waals surface area contributed by atoms with Crippen LogP contribution in [0.2, 0.25) is 0 Å². The number of aromatic nitrogens is 2. The van der Waals surface area contributed by atoms with Crippen molar-refractivity contribution < 1.29 is 10.2 Å². The molecule has 1 aliphatic rings. The summed E-state index contributed by atoms with van der Waals surface area (Å²) in [6, 6.07) is 0.204. The molecule has 2 unspecified atom stereocenters. The maximum atomic E-state index is 9.75. The van der Waals surface area contributed by atoms with Crippen LogP contribution in [-0.2, 0) is 6.61 Å². The molecule has 1 saturated carbocycles. The Labute approximate surface area is 111 Å². The van der Waals surface area contributed by atoms with E-state index in [1.807, 2.05) is 13.2 Å². The van der Waals surface area contributed by atoms with Crippen molar-refractivity contribution in [3.63, 3.8) is 0 Å². The first-order chi connectivity index (χ1) is 8.65. The lowest BCUT2D eigenvalue weighted by Gasteiger charge is -2.21. The Morgan fingerprint density at radius 1 is 1.50 bits per heavy atom. The number of anilines is 1. The highest BCUT2D eigenvalue weighted by atomic mass is 32.2. The number of rotatable bonds is 4. The Hall–Kier alpha value is -0.850. The first kappa shape index (κ1) is 13.6. The van der Waals surface area contributed by atoms with Gasteiger partial charge in [-0.25, -0.2) is 9.97 Å². The molecule has 0 amide bonds. The summed E-state index contributed by atoms with van der Waals surface area (Å²) in [5.41, 5.74) is 0.696. The molecule has 1 aromatic rings. The Bertz CT molecular complexity index is 416. The molecule has 3 atom stereocenters. The van der Waals surface area contributed by atoms with E-state index in [2.05, 4.69) is 15.3 Å². The number of hydrogen-bond acceptors (Lipinski definition) is 6. The van der Waals surface area contributed by atoms with E-state index in [1.54, 1.807) is 6.20 Å². The molecule has 1 aromatic heterocycles. The van der Waals surface area contributed by atoms with Crippen molar-refractivity contribution in [3.05, 3.63) is 11.8 Å². The summed E-state index contributed by atoms with van der Waals surface area (Å²) < 4.78 is 0. The van der Waals surface area contributed by atoms with Gasteiger partial charge < -0.3 is 15.5 Å². The van der Waals surface area contributed by atoms with Crippen LogP contribution < -0.4 is 5.32 Å². The molecule has 0 saturated heterocycles. The molecule has 0 aliphatic heterocycles. The topological polar surface area (TPSA) is 78.3 Å². The van der Waals surface area contributed by atoms with Gasteiger partial charge >= 0.3 is 0 Å². The van der Waals surface area contributed by atoms with Gasteiger partial charge in [0.15, 0.2) is 5.16 Å². The Balaban J connectivity index is 2.17. The Morgan fingerprint density at radius 2 is 2.28 bits per heavy atom. The fourth-order valence-electron chi connectivity index (χ4n) is 2.25. The largest absolute Gasteiger partial charge is 0.393 e. The number of nitrogens with zero attached hydrogens (tertiary/aromatic N) is 2. The van der Waals surface area contributed by atoms with Crippen LogP contribution in [0.5, 0.6) is 0 Å². The first-order valence-corrected chi connectivity index (χ1v) is 7.33. The lowest BCUT2D eigenvalue weighted by atomic mass is 10.0. The summed E-state index contributed by atoms with van der Waals surface area (Å²) in [7, 11) is 0. The summed E-state index contributed by atoms with van der Waals surface area (Å²) in [5, 5.41) is 23.1. The van der Waals surface area contributed by atoms with Gasteiger partial charge in [0, 0.05) is 23.7 Å². The molecule has 100 valence electrons. The summed E-state index contributed by atoms with van der Waals surface area (Å²) >= 11 is 1.47. The van der Waals surface area contributed by atoms with Crippen molar-refractivity contribution in [1.29, 1.82) is 0 Å². The van der Waals surface area contributed by atoms with Crippen LogP contribution in [0.15, 0.2) is 11.4 Å². The molecule has 18 heavy (non-hydrogen) atoms. The Morgan fingerprint density at radius 3 is 2.83 bits per heavy atom. The van der Waals surface area contributed by atoms with E-state index in [9.17, 15) is 10.2 Å². The predicted octanol–water partition coefficient (Wildman–Crippen LogP) is 1.26. The van der Waals surface area contributed by atoms with Crippen LogP contribution in [0.1, 0.15) is 25.3 Å². The van der Waals surface area contributed by atoms with E-state index in [0.717, 1.165) is 12.8 Å². The van der Waals surface area contributed by atoms with E-state index in [-0.39, 0.29) is 24.7 Å². The summed E-state index contributed by atoms with van der Waals surface area (Å²) in [6.45, 7) is 1.95. The first-order valence-electron chi connectivity index (χ1n) is 6.11. The van der Waals surface area contributed by atoms with Gasteiger partial charge in [0.05, 0.1) is 12.7 Å². The van der Waals surface area contributed by atoms with Crippen LogP contribution in [0.4, 0.5) is 5.82 Å². The van der Waals surface area contributed by atoms with Gasteiger partial charge in [0.2, 0.25) is 0 Å². The van der Waals surface area contributed by atoms with Crippen LogP contribution in [0, 0.1) is 5.92 Å². The third kappa shape index (κ3) is 2.76. The number of hydrogen-bond donors (Lipinski definition) is 3. The second-order valence-electron chi connectivity index (χ2n) is 4.64. The molecule has 1 aliphatic carbocycles. The van der Waals surface area contributed by atoms with Gasteiger partial charge in [0.25, 0.3) is 0 Å². The van der Waals surface area contributed by atoms with E-state index >= 15 is 0 Å². The molecular formula is C12H19N3O2S.